The molecular weight excluding hydrogens is 342 g/mol. The molecule has 0 fully saturated rings. The quantitative estimate of drug-likeness (QED) is 0.756. The van der Waals surface area contributed by atoms with Gasteiger partial charge in [-0.15, -0.1) is 0 Å². The lowest BCUT2D eigenvalue weighted by atomic mass is 10.1. The molecule has 7 nitrogen and oxygen atoms in total. The third-order valence-electron chi connectivity index (χ3n) is 3.69. The highest BCUT2D eigenvalue weighted by Crippen LogP contribution is 2.16. The number of carbonyl (C=O) groups excluding carboxylic acids is 1. The van der Waals surface area contributed by atoms with E-state index in [1.807, 2.05) is 37.3 Å². The number of nitrogens with one attached hydrogen (secondary N) is 1. The first-order valence-corrected chi connectivity index (χ1v) is 8.06. The number of tetrazole rings is 1. The van der Waals surface area contributed by atoms with Crippen LogP contribution in [-0.2, 0) is 11.3 Å². The number of rotatable bonds is 5. The molecule has 0 spiro atoms. The van der Waals surface area contributed by atoms with Gasteiger partial charge in [0.25, 0.3) is 0 Å². The maximum Gasteiger partial charge on any atom is 0.369 e. The molecule has 1 amide bonds. The summed E-state index contributed by atoms with van der Waals surface area (Å²) >= 11 is 6.07. The van der Waals surface area contributed by atoms with Crippen LogP contribution >= 0.6 is 11.6 Å². The van der Waals surface area contributed by atoms with Gasteiger partial charge in [0.15, 0.2) is 0 Å². The number of para-hydroxylation sites is 1. The molecule has 1 unspecified atom stereocenters. The molecule has 1 aromatic heterocycles. The molecule has 3 aromatic rings. The van der Waals surface area contributed by atoms with Crippen LogP contribution in [0.3, 0.4) is 0 Å². The van der Waals surface area contributed by atoms with Crippen LogP contribution in [0.25, 0.3) is 5.69 Å². The van der Waals surface area contributed by atoms with E-state index in [1.165, 1.54) is 0 Å². The fraction of sp³-hybridized carbons (Fsp3) is 0.176. The largest absolute Gasteiger partial charge is 0.369 e. The van der Waals surface area contributed by atoms with Crippen molar-refractivity contribution in [2.45, 2.75) is 19.5 Å². The maximum atomic E-state index is 12.4. The number of nitrogens with zero attached hydrogens (tertiary/aromatic N) is 4. The molecule has 0 saturated heterocycles. The lowest BCUT2D eigenvalue weighted by molar-refractivity contribution is -0.122. The summed E-state index contributed by atoms with van der Waals surface area (Å²) < 4.78 is 2.06. The minimum Gasteiger partial charge on any atom is -0.348 e. The third-order valence-corrected chi connectivity index (χ3v) is 4.01. The summed E-state index contributed by atoms with van der Waals surface area (Å²) in [5.74, 6) is -0.329. The lowest BCUT2D eigenvalue weighted by Gasteiger charge is -2.13. The molecule has 0 aliphatic rings. The third kappa shape index (κ3) is 3.77. The molecule has 25 heavy (non-hydrogen) atoms. The molecule has 1 heterocycles. The van der Waals surface area contributed by atoms with Gasteiger partial charge in [-0.1, -0.05) is 54.1 Å². The monoisotopic (exact) mass is 357 g/mol. The van der Waals surface area contributed by atoms with E-state index in [2.05, 4.69) is 15.7 Å². The summed E-state index contributed by atoms with van der Waals surface area (Å²) in [5.41, 5.74) is 0.858. The second-order valence-electron chi connectivity index (χ2n) is 5.48. The lowest BCUT2D eigenvalue weighted by Crippen LogP contribution is -2.34. The minimum atomic E-state index is -0.532. The van der Waals surface area contributed by atoms with Crippen LogP contribution in [-0.4, -0.2) is 25.7 Å². The molecule has 1 atom stereocenters. The molecule has 2 aromatic carbocycles. The van der Waals surface area contributed by atoms with Gasteiger partial charge in [0.2, 0.25) is 5.91 Å². The van der Waals surface area contributed by atoms with Crippen LogP contribution in [0.1, 0.15) is 18.5 Å². The summed E-state index contributed by atoms with van der Waals surface area (Å²) in [6.45, 7) is 1.65. The Morgan fingerprint density at radius 1 is 1.12 bits per heavy atom. The number of benzene rings is 2. The van der Waals surface area contributed by atoms with Crippen molar-refractivity contribution in [2.75, 3.05) is 0 Å². The van der Waals surface area contributed by atoms with Crippen molar-refractivity contribution in [3.63, 3.8) is 0 Å². The van der Waals surface area contributed by atoms with Crippen LogP contribution in [0.2, 0.25) is 5.02 Å². The van der Waals surface area contributed by atoms with Gasteiger partial charge < -0.3 is 5.32 Å². The van der Waals surface area contributed by atoms with Crippen molar-refractivity contribution < 1.29 is 4.79 Å². The zero-order chi connectivity index (χ0) is 17.8. The maximum absolute atomic E-state index is 12.4. The average molecular weight is 358 g/mol. The van der Waals surface area contributed by atoms with Crippen molar-refractivity contribution in [1.82, 2.24) is 25.1 Å². The van der Waals surface area contributed by atoms with Crippen LogP contribution in [0.15, 0.2) is 59.4 Å². The fourth-order valence-corrected chi connectivity index (χ4v) is 2.61. The molecule has 128 valence electrons. The summed E-state index contributed by atoms with van der Waals surface area (Å²) in [4.78, 5) is 24.6. The molecule has 1 N–H and O–H groups in total. The molecule has 3 rings (SSSR count). The topological polar surface area (TPSA) is 81.8 Å². The Kier molecular flexibility index (Phi) is 4.95. The fourth-order valence-electron chi connectivity index (χ4n) is 2.40. The Bertz CT molecular complexity index is 935. The first-order valence-electron chi connectivity index (χ1n) is 7.68. The number of amides is 1. The highest BCUT2D eigenvalue weighted by molar-refractivity contribution is 6.32. The zero-order valence-corrected chi connectivity index (χ0v) is 14.2. The van der Waals surface area contributed by atoms with E-state index >= 15 is 0 Å². The number of aromatic nitrogens is 4. The number of halogens is 1. The number of carbonyl (C=O) groups is 1. The van der Waals surface area contributed by atoms with Crippen LogP contribution < -0.4 is 11.0 Å². The molecule has 0 aliphatic carbocycles. The van der Waals surface area contributed by atoms with Gasteiger partial charge in [-0.2, -0.15) is 9.36 Å². The highest BCUT2D eigenvalue weighted by atomic mass is 35.5. The SMILES string of the molecule is CC(NC(=O)Cn1nnn(-c2ccccc2Cl)c1=O)c1ccccc1. The molecule has 0 aliphatic heterocycles. The summed E-state index contributed by atoms with van der Waals surface area (Å²) in [5, 5.41) is 10.7. The van der Waals surface area contributed by atoms with E-state index in [4.69, 9.17) is 11.6 Å². The van der Waals surface area contributed by atoms with E-state index in [0.717, 1.165) is 14.9 Å². The van der Waals surface area contributed by atoms with E-state index in [0.29, 0.717) is 10.7 Å². The number of hydrogen-bond acceptors (Lipinski definition) is 4. The summed E-state index contributed by atoms with van der Waals surface area (Å²) in [7, 11) is 0. The first kappa shape index (κ1) is 16.9. The molecule has 0 radical (unpaired) electrons. The predicted octanol–water partition coefficient (Wildman–Crippen LogP) is 1.96. The van der Waals surface area contributed by atoms with E-state index < -0.39 is 5.69 Å². The Labute approximate surface area is 148 Å². The normalized spacial score (nSPS) is 11.9. The summed E-state index contributed by atoms with van der Waals surface area (Å²) in [6.07, 6.45) is 0. The second kappa shape index (κ2) is 7.31. The van der Waals surface area contributed by atoms with Gasteiger partial charge in [0, 0.05) is 0 Å². The van der Waals surface area contributed by atoms with Gasteiger partial charge in [-0.25, -0.2) is 4.79 Å². The van der Waals surface area contributed by atoms with Crippen LogP contribution in [0.5, 0.6) is 0 Å². The zero-order valence-electron chi connectivity index (χ0n) is 13.5. The predicted molar refractivity (Wildman–Crippen MR) is 93.6 cm³/mol. The Balaban J connectivity index is 1.73. The average Bonchev–Trinajstić information content (AvgIpc) is 2.96. The van der Waals surface area contributed by atoms with Crippen molar-refractivity contribution in [2.24, 2.45) is 0 Å². The molecule has 0 saturated carbocycles. The highest BCUT2D eigenvalue weighted by Gasteiger charge is 2.15. The van der Waals surface area contributed by atoms with Crippen molar-refractivity contribution >= 4 is 17.5 Å². The minimum absolute atomic E-state index is 0.178. The van der Waals surface area contributed by atoms with Gasteiger partial charge in [-0.05, 0) is 35.0 Å². The van der Waals surface area contributed by atoms with Gasteiger partial charge in [0.1, 0.15) is 6.54 Å². The van der Waals surface area contributed by atoms with Crippen molar-refractivity contribution in [1.29, 1.82) is 0 Å². The van der Waals surface area contributed by atoms with E-state index in [-0.39, 0.29) is 18.5 Å². The molecular formula is C17H16ClN5O2. The molecule has 0 bridgehead atoms. The Morgan fingerprint density at radius 2 is 1.80 bits per heavy atom. The van der Waals surface area contributed by atoms with Gasteiger partial charge in [-0.3, -0.25) is 4.79 Å². The van der Waals surface area contributed by atoms with Gasteiger partial charge >= 0.3 is 5.69 Å². The summed E-state index contributed by atoms with van der Waals surface area (Å²) in [6, 6.07) is 16.2. The van der Waals surface area contributed by atoms with E-state index in [9.17, 15) is 9.59 Å². The first-order chi connectivity index (χ1) is 12.1. The molecule has 8 heteroatoms. The van der Waals surface area contributed by atoms with Crippen molar-refractivity contribution in [3.8, 4) is 5.69 Å². The van der Waals surface area contributed by atoms with Crippen molar-refractivity contribution in [3.05, 3.63) is 75.7 Å². The standard InChI is InChI=1S/C17H16ClN5O2/c1-12(13-7-3-2-4-8-13)19-16(24)11-22-17(25)23(21-20-22)15-10-6-5-9-14(15)18/h2-10,12H,11H2,1H3,(H,19,24). The van der Waals surface area contributed by atoms with Crippen LogP contribution in [0, 0.1) is 0 Å². The van der Waals surface area contributed by atoms with Crippen LogP contribution in [0.4, 0.5) is 0 Å². The van der Waals surface area contributed by atoms with Gasteiger partial charge in [0.05, 0.1) is 16.8 Å². The smallest absolute Gasteiger partial charge is 0.348 e. The van der Waals surface area contributed by atoms with E-state index in [1.54, 1.807) is 24.3 Å². The Hall–Kier alpha value is -2.93. The second-order valence-corrected chi connectivity index (χ2v) is 5.89. The Morgan fingerprint density at radius 3 is 2.52 bits per heavy atom. The number of hydrogen-bond donors (Lipinski definition) is 1.